The summed E-state index contributed by atoms with van der Waals surface area (Å²) in [6.07, 6.45) is 6.67. The number of rotatable bonds is 9. The predicted octanol–water partition coefficient (Wildman–Crippen LogP) is 2.28. The molecule has 2 nitrogen and oxygen atoms in total. The van der Waals surface area contributed by atoms with Crippen molar-refractivity contribution in [3.05, 3.63) is 12.3 Å². The molecule has 0 saturated heterocycles. The van der Waals surface area contributed by atoms with Gasteiger partial charge in [-0.15, -0.1) is 0 Å². The SMILES string of the molecule is C=C(CNC)NCCCCCCC. The molecule has 0 aliphatic heterocycles. The third-order valence-corrected chi connectivity index (χ3v) is 2.05. The number of unbranched alkanes of at least 4 members (excludes halogenated alkanes) is 4. The molecule has 0 aliphatic carbocycles. The van der Waals surface area contributed by atoms with E-state index in [4.69, 9.17) is 0 Å². The summed E-state index contributed by atoms with van der Waals surface area (Å²) >= 11 is 0. The molecular formula is C11H24N2. The van der Waals surface area contributed by atoms with Gasteiger partial charge in [-0.1, -0.05) is 39.2 Å². The summed E-state index contributed by atoms with van der Waals surface area (Å²) in [6.45, 7) is 8.09. The molecule has 0 unspecified atom stereocenters. The molecule has 0 aromatic heterocycles. The highest BCUT2D eigenvalue weighted by atomic mass is 14.9. The van der Waals surface area contributed by atoms with Crippen LogP contribution in [-0.2, 0) is 0 Å². The topological polar surface area (TPSA) is 24.1 Å². The Bertz CT molecular complexity index is 121. The van der Waals surface area contributed by atoms with Crippen LogP contribution >= 0.6 is 0 Å². The second-order valence-electron chi connectivity index (χ2n) is 3.47. The van der Waals surface area contributed by atoms with Gasteiger partial charge in [0, 0.05) is 18.8 Å². The fourth-order valence-electron chi connectivity index (χ4n) is 1.27. The lowest BCUT2D eigenvalue weighted by Gasteiger charge is -2.08. The second-order valence-corrected chi connectivity index (χ2v) is 3.47. The van der Waals surface area contributed by atoms with E-state index in [1.54, 1.807) is 0 Å². The molecule has 0 bridgehead atoms. The Hall–Kier alpha value is -0.500. The van der Waals surface area contributed by atoms with E-state index < -0.39 is 0 Å². The van der Waals surface area contributed by atoms with Crippen LogP contribution in [0, 0.1) is 0 Å². The molecule has 0 amide bonds. The maximum atomic E-state index is 3.90. The molecule has 0 spiro atoms. The van der Waals surface area contributed by atoms with Gasteiger partial charge in [0.15, 0.2) is 0 Å². The molecule has 0 fully saturated rings. The van der Waals surface area contributed by atoms with Crippen molar-refractivity contribution in [2.75, 3.05) is 20.1 Å². The van der Waals surface area contributed by atoms with E-state index in [9.17, 15) is 0 Å². The average molecular weight is 184 g/mol. The van der Waals surface area contributed by atoms with Crippen LogP contribution in [-0.4, -0.2) is 20.1 Å². The van der Waals surface area contributed by atoms with Gasteiger partial charge in [-0.2, -0.15) is 0 Å². The van der Waals surface area contributed by atoms with E-state index in [2.05, 4.69) is 24.1 Å². The van der Waals surface area contributed by atoms with Gasteiger partial charge < -0.3 is 10.6 Å². The van der Waals surface area contributed by atoms with Crippen LogP contribution in [0.4, 0.5) is 0 Å². The fourth-order valence-corrected chi connectivity index (χ4v) is 1.27. The van der Waals surface area contributed by atoms with E-state index in [1.807, 2.05) is 7.05 Å². The highest BCUT2D eigenvalue weighted by Crippen LogP contribution is 2.01. The van der Waals surface area contributed by atoms with E-state index in [0.29, 0.717) is 0 Å². The van der Waals surface area contributed by atoms with E-state index in [-0.39, 0.29) is 0 Å². The van der Waals surface area contributed by atoms with Gasteiger partial charge in [0.2, 0.25) is 0 Å². The highest BCUT2D eigenvalue weighted by molar-refractivity contribution is 4.92. The summed E-state index contributed by atoms with van der Waals surface area (Å²) in [4.78, 5) is 0. The normalized spacial score (nSPS) is 10.0. The summed E-state index contributed by atoms with van der Waals surface area (Å²) < 4.78 is 0. The molecule has 2 N–H and O–H groups in total. The average Bonchev–Trinajstić information content (AvgIpc) is 2.11. The van der Waals surface area contributed by atoms with Crippen LogP contribution in [0.25, 0.3) is 0 Å². The van der Waals surface area contributed by atoms with Crippen LogP contribution in [0.15, 0.2) is 12.3 Å². The zero-order valence-corrected chi connectivity index (χ0v) is 9.16. The number of hydrogen-bond donors (Lipinski definition) is 2. The molecule has 0 atom stereocenters. The van der Waals surface area contributed by atoms with Crippen LogP contribution in [0.1, 0.15) is 39.0 Å². The Morgan fingerprint density at radius 2 is 1.85 bits per heavy atom. The van der Waals surface area contributed by atoms with Crippen LogP contribution in [0.5, 0.6) is 0 Å². The molecule has 0 aliphatic rings. The predicted molar refractivity (Wildman–Crippen MR) is 59.8 cm³/mol. The largest absolute Gasteiger partial charge is 0.388 e. The van der Waals surface area contributed by atoms with Crippen molar-refractivity contribution >= 4 is 0 Å². The fraction of sp³-hybridized carbons (Fsp3) is 0.818. The Labute approximate surface area is 82.8 Å². The van der Waals surface area contributed by atoms with Crippen molar-refractivity contribution in [1.29, 1.82) is 0 Å². The second kappa shape index (κ2) is 9.59. The summed E-state index contributed by atoms with van der Waals surface area (Å²) in [7, 11) is 1.94. The van der Waals surface area contributed by atoms with Crippen LogP contribution < -0.4 is 10.6 Å². The molecule has 0 heterocycles. The number of nitrogens with one attached hydrogen (secondary N) is 2. The molecule has 0 aromatic carbocycles. The first-order valence-electron chi connectivity index (χ1n) is 5.37. The number of likely N-dealkylation sites (N-methyl/N-ethyl adjacent to an activating group) is 1. The first kappa shape index (κ1) is 12.5. The van der Waals surface area contributed by atoms with Crippen molar-refractivity contribution in [3.8, 4) is 0 Å². The molecule has 0 aromatic rings. The Morgan fingerprint density at radius 3 is 2.46 bits per heavy atom. The van der Waals surface area contributed by atoms with Crippen LogP contribution in [0.3, 0.4) is 0 Å². The Kier molecular flexibility index (Phi) is 9.22. The van der Waals surface area contributed by atoms with E-state index in [0.717, 1.165) is 18.8 Å². The number of hydrogen-bond acceptors (Lipinski definition) is 2. The van der Waals surface area contributed by atoms with Gasteiger partial charge in [-0.25, -0.2) is 0 Å². The lowest BCUT2D eigenvalue weighted by atomic mass is 10.1. The molecule has 0 rings (SSSR count). The minimum Gasteiger partial charge on any atom is -0.388 e. The van der Waals surface area contributed by atoms with Crippen molar-refractivity contribution < 1.29 is 0 Å². The molecule has 78 valence electrons. The maximum absolute atomic E-state index is 3.90. The van der Waals surface area contributed by atoms with Crippen molar-refractivity contribution in [2.24, 2.45) is 0 Å². The first-order valence-corrected chi connectivity index (χ1v) is 5.37. The molecule has 0 saturated carbocycles. The van der Waals surface area contributed by atoms with Gasteiger partial charge in [-0.05, 0) is 13.5 Å². The monoisotopic (exact) mass is 184 g/mol. The highest BCUT2D eigenvalue weighted by Gasteiger charge is 1.91. The summed E-state index contributed by atoms with van der Waals surface area (Å²) in [6, 6.07) is 0. The minimum absolute atomic E-state index is 0.870. The summed E-state index contributed by atoms with van der Waals surface area (Å²) in [5.41, 5.74) is 1.10. The van der Waals surface area contributed by atoms with Gasteiger partial charge >= 0.3 is 0 Å². The Balaban J connectivity index is 3.02. The van der Waals surface area contributed by atoms with E-state index >= 15 is 0 Å². The first-order chi connectivity index (χ1) is 6.31. The zero-order chi connectivity index (χ0) is 9.94. The van der Waals surface area contributed by atoms with Crippen LogP contribution in [0.2, 0.25) is 0 Å². The molecule has 13 heavy (non-hydrogen) atoms. The lowest BCUT2D eigenvalue weighted by molar-refractivity contribution is 0.605. The lowest BCUT2D eigenvalue weighted by Crippen LogP contribution is -2.22. The third kappa shape index (κ3) is 9.41. The maximum Gasteiger partial charge on any atom is 0.0345 e. The molecular weight excluding hydrogens is 160 g/mol. The Morgan fingerprint density at radius 1 is 1.15 bits per heavy atom. The minimum atomic E-state index is 0.870. The van der Waals surface area contributed by atoms with Crippen molar-refractivity contribution in [3.63, 3.8) is 0 Å². The van der Waals surface area contributed by atoms with E-state index in [1.165, 1.54) is 32.1 Å². The third-order valence-electron chi connectivity index (χ3n) is 2.05. The summed E-state index contributed by atoms with van der Waals surface area (Å²) in [5.74, 6) is 0. The zero-order valence-electron chi connectivity index (χ0n) is 9.16. The van der Waals surface area contributed by atoms with Gasteiger partial charge in [0.25, 0.3) is 0 Å². The smallest absolute Gasteiger partial charge is 0.0345 e. The summed E-state index contributed by atoms with van der Waals surface area (Å²) in [5, 5.41) is 6.37. The van der Waals surface area contributed by atoms with Gasteiger partial charge in [0.1, 0.15) is 0 Å². The quantitative estimate of drug-likeness (QED) is 0.537. The van der Waals surface area contributed by atoms with Gasteiger partial charge in [-0.3, -0.25) is 0 Å². The molecule has 2 heteroatoms. The standard InChI is InChI=1S/C11H24N2/c1-4-5-6-7-8-9-13-11(2)10-12-3/h12-13H,2,4-10H2,1,3H3. The molecule has 0 radical (unpaired) electrons. The van der Waals surface area contributed by atoms with Crippen molar-refractivity contribution in [2.45, 2.75) is 39.0 Å². The van der Waals surface area contributed by atoms with Crippen molar-refractivity contribution in [1.82, 2.24) is 10.6 Å². The van der Waals surface area contributed by atoms with Gasteiger partial charge in [0.05, 0.1) is 0 Å².